The normalized spacial score (nSPS) is 17.2. The van der Waals surface area contributed by atoms with Gasteiger partial charge in [0.05, 0.1) is 5.92 Å². The van der Waals surface area contributed by atoms with Gasteiger partial charge in [-0.15, -0.1) is 0 Å². The minimum absolute atomic E-state index is 0.0374. The lowest BCUT2D eigenvalue weighted by Crippen LogP contribution is -2.45. The van der Waals surface area contributed by atoms with Gasteiger partial charge in [0.2, 0.25) is 11.8 Å². The van der Waals surface area contributed by atoms with Crippen LogP contribution in [0, 0.1) is 5.92 Å². The van der Waals surface area contributed by atoms with Crippen molar-refractivity contribution in [1.82, 2.24) is 10.2 Å². The first-order valence-electron chi connectivity index (χ1n) is 8.46. The van der Waals surface area contributed by atoms with Gasteiger partial charge in [-0.1, -0.05) is 6.92 Å². The summed E-state index contributed by atoms with van der Waals surface area (Å²) in [6, 6.07) is 6.83. The Kier molecular flexibility index (Phi) is 6.35. The molecule has 1 aromatic rings. The van der Waals surface area contributed by atoms with Crippen molar-refractivity contribution in [2.45, 2.75) is 33.1 Å². The van der Waals surface area contributed by atoms with Crippen LogP contribution in [-0.4, -0.2) is 42.3 Å². The predicted molar refractivity (Wildman–Crippen MR) is 92.7 cm³/mol. The van der Waals surface area contributed by atoms with Crippen LogP contribution in [0.15, 0.2) is 24.3 Å². The van der Waals surface area contributed by atoms with Crippen molar-refractivity contribution < 1.29 is 14.4 Å². The van der Waals surface area contributed by atoms with Gasteiger partial charge in [0.15, 0.2) is 0 Å². The molecule has 0 bridgehead atoms. The van der Waals surface area contributed by atoms with Crippen molar-refractivity contribution in [1.29, 1.82) is 0 Å². The molecule has 6 nitrogen and oxygen atoms in total. The minimum Gasteiger partial charge on any atom is -0.356 e. The van der Waals surface area contributed by atoms with Crippen LogP contribution in [0.2, 0.25) is 0 Å². The molecule has 0 saturated carbocycles. The van der Waals surface area contributed by atoms with E-state index in [0.29, 0.717) is 30.9 Å². The van der Waals surface area contributed by atoms with Crippen LogP contribution in [0.3, 0.4) is 0 Å². The third kappa shape index (κ3) is 4.81. The maximum absolute atomic E-state index is 12.6. The highest BCUT2D eigenvalue weighted by atomic mass is 16.2. The number of carbonyl (C=O) groups is 3. The van der Waals surface area contributed by atoms with Crippen LogP contribution in [0.1, 0.15) is 43.5 Å². The number of anilines is 1. The molecule has 1 aromatic carbocycles. The van der Waals surface area contributed by atoms with Gasteiger partial charge >= 0.3 is 0 Å². The lowest BCUT2D eigenvalue weighted by Gasteiger charge is -2.32. The Morgan fingerprint density at radius 3 is 2.54 bits per heavy atom. The fraction of sp³-hybridized carbons (Fsp3) is 0.500. The molecule has 1 fully saturated rings. The SMILES string of the molecule is CCCNC(=O)C1CCCN(C(=O)c2ccc(NC(C)=O)cc2)C1. The van der Waals surface area contributed by atoms with E-state index in [1.165, 1.54) is 6.92 Å². The number of benzene rings is 1. The van der Waals surface area contributed by atoms with Crippen LogP contribution >= 0.6 is 0 Å². The molecular weight excluding hydrogens is 306 g/mol. The van der Waals surface area contributed by atoms with E-state index in [0.717, 1.165) is 19.3 Å². The standard InChI is InChI=1S/C18H25N3O3/c1-3-10-19-17(23)15-5-4-11-21(12-15)18(24)14-6-8-16(9-7-14)20-13(2)22/h6-9,15H,3-5,10-12H2,1-2H3,(H,19,23)(H,20,22). The van der Waals surface area contributed by atoms with E-state index >= 15 is 0 Å². The Hall–Kier alpha value is -2.37. The van der Waals surface area contributed by atoms with Gasteiger partial charge in [-0.05, 0) is 43.5 Å². The second-order valence-corrected chi connectivity index (χ2v) is 6.14. The van der Waals surface area contributed by atoms with Crippen LogP contribution in [0.4, 0.5) is 5.69 Å². The Morgan fingerprint density at radius 2 is 1.92 bits per heavy atom. The van der Waals surface area contributed by atoms with Crippen molar-refractivity contribution in [2.24, 2.45) is 5.92 Å². The molecule has 1 saturated heterocycles. The summed E-state index contributed by atoms with van der Waals surface area (Å²) in [5.74, 6) is -0.313. The van der Waals surface area contributed by atoms with Gasteiger partial charge in [0.25, 0.3) is 5.91 Å². The molecule has 1 heterocycles. The van der Waals surface area contributed by atoms with Crippen LogP contribution < -0.4 is 10.6 Å². The molecule has 1 aliphatic rings. The van der Waals surface area contributed by atoms with Gasteiger partial charge in [0, 0.05) is 37.8 Å². The summed E-state index contributed by atoms with van der Waals surface area (Å²) >= 11 is 0. The molecule has 1 unspecified atom stereocenters. The van der Waals surface area contributed by atoms with E-state index in [1.807, 2.05) is 6.92 Å². The number of carbonyl (C=O) groups excluding carboxylic acids is 3. The maximum Gasteiger partial charge on any atom is 0.253 e. The van der Waals surface area contributed by atoms with Crippen molar-refractivity contribution >= 4 is 23.4 Å². The third-order valence-electron chi connectivity index (χ3n) is 4.08. The van der Waals surface area contributed by atoms with E-state index in [4.69, 9.17) is 0 Å². The average Bonchev–Trinajstić information content (AvgIpc) is 2.59. The van der Waals surface area contributed by atoms with Gasteiger partial charge in [0.1, 0.15) is 0 Å². The molecule has 0 spiro atoms. The molecule has 1 atom stereocenters. The zero-order valence-electron chi connectivity index (χ0n) is 14.3. The lowest BCUT2D eigenvalue weighted by atomic mass is 9.96. The van der Waals surface area contributed by atoms with Crippen molar-refractivity contribution in [3.63, 3.8) is 0 Å². The van der Waals surface area contributed by atoms with Crippen molar-refractivity contribution in [3.05, 3.63) is 29.8 Å². The molecule has 0 radical (unpaired) electrons. The molecule has 3 amide bonds. The molecule has 2 rings (SSSR count). The number of rotatable bonds is 5. The molecule has 0 aliphatic carbocycles. The maximum atomic E-state index is 12.6. The predicted octanol–water partition coefficient (Wildman–Crippen LogP) is 2.02. The van der Waals surface area contributed by atoms with E-state index in [2.05, 4.69) is 10.6 Å². The summed E-state index contributed by atoms with van der Waals surface area (Å²) in [7, 11) is 0. The number of amides is 3. The zero-order chi connectivity index (χ0) is 17.5. The number of nitrogens with zero attached hydrogens (tertiary/aromatic N) is 1. The summed E-state index contributed by atoms with van der Waals surface area (Å²) in [4.78, 5) is 37.5. The number of nitrogens with one attached hydrogen (secondary N) is 2. The molecule has 130 valence electrons. The van der Waals surface area contributed by atoms with Gasteiger partial charge < -0.3 is 15.5 Å². The Labute approximate surface area is 142 Å². The average molecular weight is 331 g/mol. The van der Waals surface area contributed by atoms with Crippen molar-refractivity contribution in [2.75, 3.05) is 25.0 Å². The first-order valence-corrected chi connectivity index (χ1v) is 8.46. The van der Waals surface area contributed by atoms with E-state index in [1.54, 1.807) is 29.2 Å². The largest absolute Gasteiger partial charge is 0.356 e. The van der Waals surface area contributed by atoms with E-state index in [9.17, 15) is 14.4 Å². The fourth-order valence-electron chi connectivity index (χ4n) is 2.85. The van der Waals surface area contributed by atoms with Crippen LogP contribution in [0.5, 0.6) is 0 Å². The molecule has 24 heavy (non-hydrogen) atoms. The number of piperidine rings is 1. The summed E-state index contributed by atoms with van der Waals surface area (Å²) in [6.45, 7) is 5.26. The lowest BCUT2D eigenvalue weighted by molar-refractivity contribution is -0.126. The van der Waals surface area contributed by atoms with Gasteiger partial charge in [-0.2, -0.15) is 0 Å². The molecule has 6 heteroatoms. The second-order valence-electron chi connectivity index (χ2n) is 6.14. The highest BCUT2D eigenvalue weighted by molar-refractivity contribution is 5.96. The molecule has 1 aliphatic heterocycles. The molecule has 0 aromatic heterocycles. The summed E-state index contributed by atoms with van der Waals surface area (Å²) in [5.41, 5.74) is 1.23. The quantitative estimate of drug-likeness (QED) is 0.866. The fourth-order valence-corrected chi connectivity index (χ4v) is 2.85. The van der Waals surface area contributed by atoms with E-state index < -0.39 is 0 Å². The smallest absolute Gasteiger partial charge is 0.253 e. The zero-order valence-corrected chi connectivity index (χ0v) is 14.3. The van der Waals surface area contributed by atoms with Gasteiger partial charge in [-0.3, -0.25) is 14.4 Å². The second kappa shape index (κ2) is 8.47. The molecule has 2 N–H and O–H groups in total. The monoisotopic (exact) mass is 331 g/mol. The van der Waals surface area contributed by atoms with Crippen molar-refractivity contribution in [3.8, 4) is 0 Å². The Balaban J connectivity index is 1.98. The summed E-state index contributed by atoms with van der Waals surface area (Å²) in [6.07, 6.45) is 2.56. The minimum atomic E-state index is -0.147. The molecular formula is C18H25N3O3. The van der Waals surface area contributed by atoms with E-state index in [-0.39, 0.29) is 23.6 Å². The third-order valence-corrected chi connectivity index (χ3v) is 4.08. The number of likely N-dealkylation sites (tertiary alicyclic amines) is 1. The highest BCUT2D eigenvalue weighted by Gasteiger charge is 2.28. The van der Waals surface area contributed by atoms with Crippen LogP contribution in [-0.2, 0) is 9.59 Å². The highest BCUT2D eigenvalue weighted by Crippen LogP contribution is 2.20. The van der Waals surface area contributed by atoms with Gasteiger partial charge in [-0.25, -0.2) is 0 Å². The Bertz CT molecular complexity index is 598. The number of hydrogen-bond acceptors (Lipinski definition) is 3. The first kappa shape index (κ1) is 18.0. The topological polar surface area (TPSA) is 78.5 Å². The summed E-state index contributed by atoms with van der Waals surface area (Å²) in [5, 5.41) is 5.59. The number of hydrogen-bond donors (Lipinski definition) is 2. The van der Waals surface area contributed by atoms with Crippen LogP contribution in [0.25, 0.3) is 0 Å². The first-order chi connectivity index (χ1) is 11.5. The Morgan fingerprint density at radius 1 is 1.21 bits per heavy atom. The summed E-state index contributed by atoms with van der Waals surface area (Å²) < 4.78 is 0.